The highest BCUT2D eigenvalue weighted by atomic mass is 32.2. The van der Waals surface area contributed by atoms with E-state index < -0.39 is 14.8 Å². The number of nitrogens with zero attached hydrogens (tertiary/aromatic N) is 6. The maximum absolute atomic E-state index is 12.5. The van der Waals surface area contributed by atoms with Crippen LogP contribution in [0.2, 0.25) is 0 Å². The summed E-state index contributed by atoms with van der Waals surface area (Å²) in [5.41, 5.74) is 3.44. The zero-order valence-electron chi connectivity index (χ0n) is 24.8. The highest BCUT2D eigenvalue weighted by Gasteiger charge is 2.30. The lowest BCUT2D eigenvalue weighted by atomic mass is 10.1. The number of fused-ring (bicyclic) bond motifs is 1. The number of anilines is 3. The van der Waals surface area contributed by atoms with E-state index in [1.54, 1.807) is 33.2 Å². The SMILES string of the molecule is CCNC(=O)Nc1nc2cc(-c3cnc(NS(=O)(=O)C(C)(C)C)nc3)cc(N3CCN(CCN4CCCC4)CC3)c2s1. The Labute approximate surface area is 252 Å². The first-order chi connectivity index (χ1) is 20.0. The van der Waals surface area contributed by atoms with Gasteiger partial charge in [-0.2, -0.15) is 0 Å². The Hall–Kier alpha value is -3.07. The molecule has 0 radical (unpaired) electrons. The smallest absolute Gasteiger partial charge is 0.321 e. The summed E-state index contributed by atoms with van der Waals surface area (Å²) < 4.78 is 27.6. The normalized spacial score (nSPS) is 17.1. The summed E-state index contributed by atoms with van der Waals surface area (Å²) in [4.78, 5) is 33.0. The number of likely N-dealkylation sites (tertiary alicyclic amines) is 1. The van der Waals surface area contributed by atoms with Gasteiger partial charge in [0.1, 0.15) is 0 Å². The van der Waals surface area contributed by atoms with Crippen molar-refractivity contribution in [2.24, 2.45) is 0 Å². The van der Waals surface area contributed by atoms with Crippen LogP contribution in [0.1, 0.15) is 40.5 Å². The monoisotopic (exact) mass is 615 g/mol. The maximum atomic E-state index is 12.5. The van der Waals surface area contributed by atoms with Crippen LogP contribution in [-0.4, -0.2) is 103 Å². The van der Waals surface area contributed by atoms with Gasteiger partial charge < -0.3 is 15.1 Å². The van der Waals surface area contributed by atoms with Crippen molar-refractivity contribution in [2.75, 3.05) is 73.8 Å². The number of amides is 2. The van der Waals surface area contributed by atoms with Gasteiger partial charge in [0.2, 0.25) is 16.0 Å². The van der Waals surface area contributed by atoms with E-state index in [0.717, 1.165) is 66.3 Å². The molecule has 0 spiro atoms. The highest BCUT2D eigenvalue weighted by molar-refractivity contribution is 7.94. The molecule has 0 unspecified atom stereocenters. The summed E-state index contributed by atoms with van der Waals surface area (Å²) in [7, 11) is -3.64. The average Bonchev–Trinajstić information content (AvgIpc) is 3.61. The van der Waals surface area contributed by atoms with E-state index in [-0.39, 0.29) is 12.0 Å². The van der Waals surface area contributed by atoms with Crippen LogP contribution < -0.4 is 20.3 Å². The zero-order chi connectivity index (χ0) is 29.9. The molecule has 2 aromatic heterocycles. The standard InChI is InChI=1S/C28H41N9O3S2/c1-5-29-26(38)33-27-32-22-16-20(21-18-30-25(31-19-21)34-42(39,40)28(2,3)4)17-23(24(22)41-27)37-14-12-36(13-15-37)11-10-35-8-6-7-9-35/h16-19H,5-15H2,1-4H3,(H,30,31,34)(H2,29,32,33,38). The number of thiazole rings is 1. The first-order valence-electron chi connectivity index (χ1n) is 14.6. The van der Waals surface area contributed by atoms with Crippen molar-refractivity contribution < 1.29 is 13.2 Å². The Morgan fingerprint density at radius 2 is 1.60 bits per heavy atom. The summed E-state index contributed by atoms with van der Waals surface area (Å²) >= 11 is 1.46. The molecule has 0 bridgehead atoms. The molecule has 5 rings (SSSR count). The number of urea groups is 1. The van der Waals surface area contributed by atoms with E-state index in [1.807, 2.05) is 13.0 Å². The van der Waals surface area contributed by atoms with E-state index >= 15 is 0 Å². The number of hydrogen-bond acceptors (Lipinski definition) is 10. The fourth-order valence-electron chi connectivity index (χ4n) is 5.08. The van der Waals surface area contributed by atoms with Crippen LogP contribution >= 0.6 is 11.3 Å². The third-order valence-corrected chi connectivity index (χ3v) is 10.8. The molecular formula is C28H41N9O3S2. The van der Waals surface area contributed by atoms with Gasteiger partial charge in [-0.05, 0) is 71.3 Å². The number of rotatable bonds is 9. The molecule has 1 aromatic carbocycles. The van der Waals surface area contributed by atoms with Crippen LogP contribution in [0, 0.1) is 0 Å². The van der Waals surface area contributed by atoms with Crippen LogP contribution in [0.25, 0.3) is 21.3 Å². The molecule has 3 N–H and O–H groups in total. The zero-order valence-corrected chi connectivity index (χ0v) is 26.4. The number of aromatic nitrogens is 3. The third-order valence-electron chi connectivity index (χ3n) is 7.69. The third kappa shape index (κ3) is 7.10. The quantitative estimate of drug-likeness (QED) is 0.330. The molecule has 2 saturated heterocycles. The molecule has 12 nitrogen and oxygen atoms in total. The molecule has 2 aliphatic rings. The van der Waals surface area contributed by atoms with Crippen molar-refractivity contribution in [3.05, 3.63) is 24.5 Å². The van der Waals surface area contributed by atoms with Gasteiger partial charge in [0, 0.05) is 63.8 Å². The maximum Gasteiger partial charge on any atom is 0.321 e. The predicted octanol–water partition coefficient (Wildman–Crippen LogP) is 3.65. The Bertz CT molecular complexity index is 1490. The van der Waals surface area contributed by atoms with Gasteiger partial charge in [-0.3, -0.25) is 14.9 Å². The van der Waals surface area contributed by atoms with E-state index in [1.165, 1.54) is 37.3 Å². The van der Waals surface area contributed by atoms with E-state index in [0.29, 0.717) is 11.7 Å². The topological polar surface area (TPSA) is 136 Å². The van der Waals surface area contributed by atoms with Crippen LogP contribution in [0.4, 0.5) is 21.6 Å². The average molecular weight is 616 g/mol. The van der Waals surface area contributed by atoms with Gasteiger partial charge in [-0.25, -0.2) is 28.2 Å². The molecule has 0 atom stereocenters. The lowest BCUT2D eigenvalue weighted by Crippen LogP contribution is -2.48. The van der Waals surface area contributed by atoms with E-state index in [4.69, 9.17) is 4.98 Å². The van der Waals surface area contributed by atoms with Crippen LogP contribution in [0.15, 0.2) is 24.5 Å². The van der Waals surface area contributed by atoms with Crippen molar-refractivity contribution in [1.82, 2.24) is 30.1 Å². The number of piperazine rings is 1. The van der Waals surface area contributed by atoms with Crippen LogP contribution in [0.5, 0.6) is 0 Å². The van der Waals surface area contributed by atoms with E-state index in [2.05, 4.69) is 46.1 Å². The van der Waals surface area contributed by atoms with Crippen molar-refractivity contribution in [1.29, 1.82) is 0 Å². The molecule has 0 aliphatic carbocycles. The first kappa shape index (κ1) is 30.4. The summed E-state index contributed by atoms with van der Waals surface area (Å²) in [6.45, 7) is 15.7. The van der Waals surface area contributed by atoms with Gasteiger partial charge in [0.05, 0.1) is 20.7 Å². The summed E-state index contributed by atoms with van der Waals surface area (Å²) in [5, 5.41) is 6.13. The molecular weight excluding hydrogens is 575 g/mol. The minimum Gasteiger partial charge on any atom is -0.368 e. The number of nitrogens with one attached hydrogen (secondary N) is 3. The van der Waals surface area contributed by atoms with Gasteiger partial charge in [-0.15, -0.1) is 0 Å². The van der Waals surface area contributed by atoms with Gasteiger partial charge in [0.15, 0.2) is 5.13 Å². The fraction of sp³-hybridized carbons (Fsp3) is 0.571. The lowest BCUT2D eigenvalue weighted by Gasteiger charge is -2.37. The number of hydrogen-bond donors (Lipinski definition) is 3. The Morgan fingerprint density at radius 3 is 2.21 bits per heavy atom. The highest BCUT2D eigenvalue weighted by Crippen LogP contribution is 2.38. The summed E-state index contributed by atoms with van der Waals surface area (Å²) in [6.07, 6.45) is 5.86. The number of benzene rings is 1. The fourth-order valence-corrected chi connectivity index (χ4v) is 6.71. The van der Waals surface area contributed by atoms with Gasteiger partial charge >= 0.3 is 6.03 Å². The molecule has 228 valence electrons. The van der Waals surface area contributed by atoms with Crippen molar-refractivity contribution in [3.63, 3.8) is 0 Å². The second-order valence-corrected chi connectivity index (χ2v) is 15.2. The molecule has 2 aliphatic heterocycles. The summed E-state index contributed by atoms with van der Waals surface area (Å²) in [5.74, 6) is 0.0297. The first-order valence-corrected chi connectivity index (χ1v) is 16.9. The molecule has 4 heterocycles. The molecule has 14 heteroatoms. The van der Waals surface area contributed by atoms with Crippen LogP contribution in [-0.2, 0) is 10.0 Å². The number of sulfonamides is 1. The minimum absolute atomic E-state index is 0.0297. The number of carbonyl (C=O) groups excluding carboxylic acids is 1. The summed E-state index contributed by atoms with van der Waals surface area (Å²) in [6, 6.07) is 3.79. The van der Waals surface area contributed by atoms with E-state index in [9.17, 15) is 13.2 Å². The van der Waals surface area contributed by atoms with Crippen molar-refractivity contribution in [2.45, 2.75) is 45.3 Å². The Kier molecular flexibility index (Phi) is 9.16. The minimum atomic E-state index is -3.64. The molecule has 0 saturated carbocycles. The molecule has 3 aromatic rings. The molecule has 2 amide bonds. The molecule has 42 heavy (non-hydrogen) atoms. The lowest BCUT2D eigenvalue weighted by molar-refractivity contribution is 0.216. The Morgan fingerprint density at radius 1 is 0.952 bits per heavy atom. The predicted molar refractivity (Wildman–Crippen MR) is 170 cm³/mol. The second-order valence-electron chi connectivity index (χ2n) is 11.7. The number of carbonyl (C=O) groups is 1. The van der Waals surface area contributed by atoms with Crippen LogP contribution in [0.3, 0.4) is 0 Å². The largest absolute Gasteiger partial charge is 0.368 e. The van der Waals surface area contributed by atoms with Crippen molar-refractivity contribution in [3.8, 4) is 11.1 Å². The Balaban J connectivity index is 1.39. The van der Waals surface area contributed by atoms with Gasteiger partial charge in [-0.1, -0.05) is 11.3 Å². The second kappa shape index (κ2) is 12.7. The molecule has 2 fully saturated rings. The van der Waals surface area contributed by atoms with Gasteiger partial charge in [0.25, 0.3) is 0 Å². The van der Waals surface area contributed by atoms with Crippen molar-refractivity contribution >= 4 is 54.4 Å².